The first-order valence-electron chi connectivity index (χ1n) is 10.6. The Hall–Kier alpha value is -3.42. The van der Waals surface area contributed by atoms with Crippen molar-refractivity contribution in [2.45, 2.75) is 17.9 Å². The van der Waals surface area contributed by atoms with Crippen molar-refractivity contribution >= 4 is 21.6 Å². The van der Waals surface area contributed by atoms with Crippen molar-refractivity contribution in [2.75, 3.05) is 20.2 Å². The summed E-state index contributed by atoms with van der Waals surface area (Å²) >= 11 is 0. The lowest BCUT2D eigenvalue weighted by atomic mass is 10.0. The molecule has 0 saturated heterocycles. The fraction of sp³-hybridized carbons (Fsp3) is 0.192. The predicted octanol–water partition coefficient (Wildman–Crippen LogP) is 4.53. The van der Waals surface area contributed by atoms with Gasteiger partial charge in [0.1, 0.15) is 12.4 Å². The van der Waals surface area contributed by atoms with Crippen LogP contribution in [-0.4, -0.2) is 38.9 Å². The van der Waals surface area contributed by atoms with E-state index in [2.05, 4.69) is 4.74 Å². The molecule has 0 saturated carbocycles. The molecule has 0 atom stereocenters. The first kappa shape index (κ1) is 22.8. The average molecular weight is 464 g/mol. The number of carbonyl (C=O) groups is 1. The third kappa shape index (κ3) is 5.32. The molecule has 0 amide bonds. The number of nitrogens with zero attached hydrogens (tertiary/aromatic N) is 1. The van der Waals surface area contributed by atoms with Crippen LogP contribution in [0.5, 0.6) is 5.75 Å². The van der Waals surface area contributed by atoms with Gasteiger partial charge in [-0.3, -0.25) is 0 Å². The van der Waals surface area contributed by atoms with E-state index < -0.39 is 16.0 Å². The van der Waals surface area contributed by atoms with E-state index in [1.807, 2.05) is 60.7 Å². The highest BCUT2D eigenvalue weighted by Gasteiger charge is 2.26. The molecule has 4 rings (SSSR count). The van der Waals surface area contributed by atoms with Gasteiger partial charge in [0.15, 0.2) is 0 Å². The number of hydrogen-bond donors (Lipinski definition) is 0. The highest BCUT2D eigenvalue weighted by atomic mass is 32.2. The number of esters is 1. The Bertz CT molecular complexity index is 1230. The summed E-state index contributed by atoms with van der Waals surface area (Å²) in [5.74, 6) is 0.291. The molecule has 3 aromatic rings. The quantitative estimate of drug-likeness (QED) is 0.482. The fourth-order valence-corrected chi connectivity index (χ4v) is 5.05. The summed E-state index contributed by atoms with van der Waals surface area (Å²) in [6.45, 7) is 1.19. The van der Waals surface area contributed by atoms with Gasteiger partial charge < -0.3 is 9.47 Å². The third-order valence-corrected chi connectivity index (χ3v) is 7.44. The first-order valence-corrected chi connectivity index (χ1v) is 12.1. The van der Waals surface area contributed by atoms with Crippen molar-refractivity contribution in [1.29, 1.82) is 0 Å². The van der Waals surface area contributed by atoms with Crippen LogP contribution in [0.15, 0.2) is 89.8 Å². The Labute approximate surface area is 194 Å². The molecular formula is C26H25NO5S. The normalized spacial score (nSPS) is 14.4. The minimum Gasteiger partial charge on any atom is -0.489 e. The van der Waals surface area contributed by atoms with Crippen LogP contribution >= 0.6 is 0 Å². The van der Waals surface area contributed by atoms with E-state index in [1.165, 1.54) is 35.7 Å². The van der Waals surface area contributed by atoms with Gasteiger partial charge in [-0.1, -0.05) is 48.5 Å². The van der Waals surface area contributed by atoms with E-state index in [0.717, 1.165) is 22.4 Å². The zero-order valence-corrected chi connectivity index (χ0v) is 19.1. The van der Waals surface area contributed by atoms with Crippen LogP contribution < -0.4 is 4.74 Å². The van der Waals surface area contributed by atoms with Gasteiger partial charge in [-0.15, -0.1) is 0 Å². The maximum atomic E-state index is 13.0. The molecule has 170 valence electrons. The Morgan fingerprint density at radius 3 is 2.24 bits per heavy atom. The third-order valence-electron chi connectivity index (χ3n) is 5.56. The van der Waals surface area contributed by atoms with Crippen molar-refractivity contribution in [1.82, 2.24) is 4.31 Å². The maximum Gasteiger partial charge on any atom is 0.337 e. The van der Waals surface area contributed by atoms with Crippen LogP contribution in [0.1, 0.15) is 27.9 Å². The van der Waals surface area contributed by atoms with Crippen molar-refractivity contribution in [2.24, 2.45) is 0 Å². The summed E-state index contributed by atoms with van der Waals surface area (Å²) in [6, 6.07) is 23.7. The van der Waals surface area contributed by atoms with E-state index in [1.54, 1.807) is 0 Å². The summed E-state index contributed by atoms with van der Waals surface area (Å²) < 4.78 is 37.9. The molecular weight excluding hydrogens is 438 g/mol. The molecule has 0 unspecified atom stereocenters. The highest BCUT2D eigenvalue weighted by molar-refractivity contribution is 7.89. The minimum atomic E-state index is -3.64. The molecule has 6 nitrogen and oxygen atoms in total. The number of rotatable bonds is 7. The zero-order chi connectivity index (χ0) is 23.3. The Balaban J connectivity index is 1.39. The topological polar surface area (TPSA) is 72.9 Å². The molecule has 1 heterocycles. The Kier molecular flexibility index (Phi) is 6.91. The molecule has 33 heavy (non-hydrogen) atoms. The number of ether oxygens (including phenoxy) is 2. The highest BCUT2D eigenvalue weighted by Crippen LogP contribution is 2.27. The summed E-state index contributed by atoms with van der Waals surface area (Å²) in [5, 5.41) is 0. The van der Waals surface area contributed by atoms with Gasteiger partial charge >= 0.3 is 5.97 Å². The van der Waals surface area contributed by atoms with Gasteiger partial charge in [-0.2, -0.15) is 4.31 Å². The van der Waals surface area contributed by atoms with Crippen LogP contribution in [-0.2, 0) is 21.4 Å². The number of sulfonamides is 1. The van der Waals surface area contributed by atoms with Crippen molar-refractivity contribution < 1.29 is 22.7 Å². The SMILES string of the molecule is COC(=O)c1ccc(S(=O)(=O)N2CC=C(c3ccc(OCc4ccccc4)cc3)CC2)cc1. The number of carbonyl (C=O) groups excluding carboxylic acids is 1. The molecule has 0 aromatic heterocycles. The number of methoxy groups -OCH3 is 1. The summed E-state index contributed by atoms with van der Waals surface area (Å²) in [7, 11) is -2.35. The van der Waals surface area contributed by atoms with Crippen molar-refractivity contribution in [3.05, 3.63) is 102 Å². The molecule has 0 spiro atoms. The van der Waals surface area contributed by atoms with Gasteiger partial charge in [0.05, 0.1) is 17.6 Å². The lowest BCUT2D eigenvalue weighted by Crippen LogP contribution is -2.34. The van der Waals surface area contributed by atoms with E-state index in [0.29, 0.717) is 31.7 Å². The Morgan fingerprint density at radius 2 is 1.64 bits per heavy atom. The van der Waals surface area contributed by atoms with Crippen LogP contribution in [0.2, 0.25) is 0 Å². The monoisotopic (exact) mass is 463 g/mol. The second kappa shape index (κ2) is 10.0. The van der Waals surface area contributed by atoms with E-state index >= 15 is 0 Å². The van der Waals surface area contributed by atoms with E-state index in [9.17, 15) is 13.2 Å². The largest absolute Gasteiger partial charge is 0.489 e. The standard InChI is InChI=1S/C26H25NO5S/c1-31-26(28)23-9-13-25(14-10-23)33(29,30)27-17-15-22(16-18-27)21-7-11-24(12-8-21)32-19-20-5-3-2-4-6-20/h2-15H,16-19H2,1H3. The summed E-state index contributed by atoms with van der Waals surface area (Å²) in [6.07, 6.45) is 2.56. The van der Waals surface area contributed by atoms with Gasteiger partial charge in [0, 0.05) is 13.1 Å². The minimum absolute atomic E-state index is 0.159. The molecule has 7 heteroatoms. The summed E-state index contributed by atoms with van der Waals surface area (Å²) in [4.78, 5) is 11.7. The lowest BCUT2D eigenvalue weighted by molar-refractivity contribution is 0.0600. The molecule has 1 aliphatic rings. The number of hydrogen-bond acceptors (Lipinski definition) is 5. The zero-order valence-electron chi connectivity index (χ0n) is 18.3. The van der Waals surface area contributed by atoms with E-state index in [4.69, 9.17) is 4.74 Å². The molecule has 1 aliphatic heterocycles. The maximum absolute atomic E-state index is 13.0. The van der Waals surface area contributed by atoms with Crippen LogP contribution in [0.4, 0.5) is 0 Å². The van der Waals surface area contributed by atoms with Gasteiger partial charge in [0.25, 0.3) is 0 Å². The van der Waals surface area contributed by atoms with Crippen molar-refractivity contribution in [3.8, 4) is 5.75 Å². The van der Waals surface area contributed by atoms with Gasteiger partial charge in [0.2, 0.25) is 10.0 Å². The van der Waals surface area contributed by atoms with Gasteiger partial charge in [-0.05, 0) is 59.5 Å². The second-order valence-corrected chi connectivity index (χ2v) is 9.59. The summed E-state index contributed by atoms with van der Waals surface area (Å²) in [5.41, 5.74) is 3.59. The van der Waals surface area contributed by atoms with Gasteiger partial charge in [-0.25, -0.2) is 13.2 Å². The molecule has 0 aliphatic carbocycles. The second-order valence-electron chi connectivity index (χ2n) is 7.66. The average Bonchev–Trinajstić information content (AvgIpc) is 2.88. The van der Waals surface area contributed by atoms with Crippen LogP contribution in [0.3, 0.4) is 0 Å². The first-order chi connectivity index (χ1) is 16.0. The lowest BCUT2D eigenvalue weighted by Gasteiger charge is -2.26. The number of benzene rings is 3. The van der Waals surface area contributed by atoms with Crippen molar-refractivity contribution in [3.63, 3.8) is 0 Å². The van der Waals surface area contributed by atoms with Crippen LogP contribution in [0, 0.1) is 0 Å². The molecule has 0 N–H and O–H groups in total. The predicted molar refractivity (Wildman–Crippen MR) is 126 cm³/mol. The van der Waals surface area contributed by atoms with Crippen LogP contribution in [0.25, 0.3) is 5.57 Å². The Morgan fingerprint density at radius 1 is 0.939 bits per heavy atom. The smallest absolute Gasteiger partial charge is 0.337 e. The van der Waals surface area contributed by atoms with E-state index in [-0.39, 0.29) is 4.90 Å². The molecule has 0 radical (unpaired) electrons. The molecule has 0 bridgehead atoms. The molecule has 3 aromatic carbocycles. The molecule has 0 fully saturated rings. The fourth-order valence-electron chi connectivity index (χ4n) is 3.67.